The Bertz CT molecular complexity index is 487. The summed E-state index contributed by atoms with van der Waals surface area (Å²) < 4.78 is 5.61. The van der Waals surface area contributed by atoms with Crippen LogP contribution >= 0.6 is 11.6 Å². The summed E-state index contributed by atoms with van der Waals surface area (Å²) in [5.41, 5.74) is 4.43. The van der Waals surface area contributed by atoms with E-state index in [2.05, 4.69) is 10.5 Å². The second-order valence-electron chi connectivity index (χ2n) is 4.60. The van der Waals surface area contributed by atoms with E-state index in [1.807, 2.05) is 32.9 Å². The molecule has 0 aliphatic rings. The number of amides is 1. The smallest absolute Gasteiger partial charge is 0.240 e. The molecule has 0 aliphatic heterocycles. The topological polar surface area (TPSA) is 50.7 Å². The highest BCUT2D eigenvalue weighted by molar-refractivity contribution is 6.30. The Morgan fingerprint density at radius 3 is 2.85 bits per heavy atom. The van der Waals surface area contributed by atoms with E-state index in [1.54, 1.807) is 6.07 Å². The molecule has 0 fully saturated rings. The maximum Gasteiger partial charge on any atom is 0.240 e. The van der Waals surface area contributed by atoms with Crippen molar-refractivity contribution in [3.8, 4) is 5.75 Å². The van der Waals surface area contributed by atoms with Gasteiger partial charge in [-0.2, -0.15) is 5.10 Å². The highest BCUT2D eigenvalue weighted by atomic mass is 35.5. The zero-order valence-electron chi connectivity index (χ0n) is 12.2. The Kier molecular flexibility index (Phi) is 7.09. The number of hydrogen-bond acceptors (Lipinski definition) is 3. The van der Waals surface area contributed by atoms with Gasteiger partial charge in [0.1, 0.15) is 5.75 Å². The van der Waals surface area contributed by atoms with Crippen molar-refractivity contribution in [3.05, 3.63) is 28.8 Å². The number of nitrogens with zero attached hydrogens (tertiary/aromatic N) is 1. The van der Waals surface area contributed by atoms with Gasteiger partial charge in [-0.25, -0.2) is 5.43 Å². The summed E-state index contributed by atoms with van der Waals surface area (Å²) in [5.74, 6) is 0.712. The van der Waals surface area contributed by atoms with E-state index in [-0.39, 0.29) is 5.91 Å². The van der Waals surface area contributed by atoms with E-state index in [4.69, 9.17) is 16.3 Å². The van der Waals surface area contributed by atoms with E-state index in [9.17, 15) is 4.79 Å². The molecule has 1 amide bonds. The van der Waals surface area contributed by atoms with Crippen molar-refractivity contribution in [1.29, 1.82) is 0 Å². The lowest BCUT2D eigenvalue weighted by atomic mass is 10.2. The minimum absolute atomic E-state index is 0.0887. The first-order valence-electron chi connectivity index (χ1n) is 6.74. The van der Waals surface area contributed by atoms with E-state index in [0.29, 0.717) is 24.5 Å². The van der Waals surface area contributed by atoms with Crippen molar-refractivity contribution >= 4 is 23.2 Å². The number of carbonyl (C=O) groups excluding carboxylic acids is 1. The number of hydrogen-bond donors (Lipinski definition) is 1. The van der Waals surface area contributed by atoms with Crippen LogP contribution in [0.4, 0.5) is 0 Å². The number of carbonyl (C=O) groups is 1. The van der Waals surface area contributed by atoms with Crippen molar-refractivity contribution in [2.45, 2.75) is 40.0 Å². The second kappa shape index (κ2) is 8.59. The molecule has 0 spiro atoms. The molecule has 110 valence electrons. The molecule has 1 rings (SSSR count). The van der Waals surface area contributed by atoms with Gasteiger partial charge in [0.2, 0.25) is 5.91 Å². The molecule has 1 N–H and O–H groups in total. The molecule has 0 heterocycles. The van der Waals surface area contributed by atoms with Gasteiger partial charge in [-0.1, -0.05) is 18.5 Å². The Morgan fingerprint density at radius 2 is 2.20 bits per heavy atom. The fraction of sp³-hybridized carbons (Fsp3) is 0.467. The van der Waals surface area contributed by atoms with Crippen LogP contribution in [0.3, 0.4) is 0 Å². The number of rotatable bonds is 7. The first-order chi connectivity index (χ1) is 9.52. The standard InChI is InChI=1S/C15H21ClN2O2/c1-4-12(3)17-18-15(19)6-5-9-20-14-8-7-13(16)10-11(14)2/h7-8,10H,4-6,9H2,1-3H3,(H,18,19). The first-order valence-corrected chi connectivity index (χ1v) is 7.11. The zero-order valence-corrected chi connectivity index (χ0v) is 13.0. The largest absolute Gasteiger partial charge is 0.493 e. The maximum absolute atomic E-state index is 11.5. The van der Waals surface area contributed by atoms with Gasteiger partial charge in [0.25, 0.3) is 0 Å². The third-order valence-corrected chi connectivity index (χ3v) is 3.06. The molecule has 20 heavy (non-hydrogen) atoms. The maximum atomic E-state index is 11.5. The lowest BCUT2D eigenvalue weighted by molar-refractivity contribution is -0.121. The SMILES string of the molecule is CCC(C)=NNC(=O)CCCOc1ccc(Cl)cc1C. The van der Waals surface area contributed by atoms with E-state index >= 15 is 0 Å². The van der Waals surface area contributed by atoms with Crippen LogP contribution in [0, 0.1) is 6.92 Å². The van der Waals surface area contributed by atoms with Gasteiger partial charge in [0.05, 0.1) is 6.61 Å². The minimum atomic E-state index is -0.0887. The molecule has 4 nitrogen and oxygen atoms in total. The van der Waals surface area contributed by atoms with Crippen LogP contribution in [-0.2, 0) is 4.79 Å². The van der Waals surface area contributed by atoms with Crippen LogP contribution in [0.15, 0.2) is 23.3 Å². The van der Waals surface area contributed by atoms with E-state index in [0.717, 1.165) is 23.4 Å². The van der Waals surface area contributed by atoms with E-state index in [1.165, 1.54) is 0 Å². The molecule has 0 aromatic heterocycles. The van der Waals surface area contributed by atoms with Crippen LogP contribution < -0.4 is 10.2 Å². The summed E-state index contributed by atoms with van der Waals surface area (Å²) in [6.45, 7) is 6.31. The van der Waals surface area contributed by atoms with Gasteiger partial charge in [0, 0.05) is 17.2 Å². The van der Waals surface area contributed by atoms with Crippen LogP contribution in [0.2, 0.25) is 5.02 Å². The Balaban J connectivity index is 2.26. The molecule has 0 bridgehead atoms. The molecular formula is C15H21ClN2O2. The molecule has 0 saturated heterocycles. The van der Waals surface area contributed by atoms with Crippen LogP contribution in [0.1, 0.15) is 38.7 Å². The molecule has 0 saturated carbocycles. The number of aryl methyl sites for hydroxylation is 1. The molecule has 5 heteroatoms. The van der Waals surface area contributed by atoms with Gasteiger partial charge in [0.15, 0.2) is 0 Å². The Morgan fingerprint density at radius 1 is 1.45 bits per heavy atom. The molecule has 0 atom stereocenters. The number of benzene rings is 1. The number of nitrogens with one attached hydrogen (secondary N) is 1. The summed E-state index contributed by atoms with van der Waals surface area (Å²) in [6.07, 6.45) is 1.88. The van der Waals surface area contributed by atoms with Gasteiger partial charge in [-0.3, -0.25) is 4.79 Å². The van der Waals surface area contributed by atoms with Gasteiger partial charge < -0.3 is 4.74 Å². The summed E-state index contributed by atoms with van der Waals surface area (Å²) in [7, 11) is 0. The van der Waals surface area contributed by atoms with E-state index < -0.39 is 0 Å². The summed E-state index contributed by atoms with van der Waals surface area (Å²) >= 11 is 5.87. The molecule has 0 aliphatic carbocycles. The predicted molar refractivity (Wildman–Crippen MR) is 82.5 cm³/mol. The highest BCUT2D eigenvalue weighted by Gasteiger charge is 2.03. The average molecular weight is 297 g/mol. The monoisotopic (exact) mass is 296 g/mol. The fourth-order valence-corrected chi connectivity index (χ4v) is 1.71. The first kappa shape index (κ1) is 16.5. The van der Waals surface area contributed by atoms with Gasteiger partial charge in [-0.15, -0.1) is 0 Å². The van der Waals surface area contributed by atoms with Crippen molar-refractivity contribution in [3.63, 3.8) is 0 Å². The Hall–Kier alpha value is -1.55. The van der Waals surface area contributed by atoms with Crippen molar-refractivity contribution in [1.82, 2.24) is 5.43 Å². The number of ether oxygens (including phenoxy) is 1. The lowest BCUT2D eigenvalue weighted by Crippen LogP contribution is -2.19. The molecular weight excluding hydrogens is 276 g/mol. The quantitative estimate of drug-likeness (QED) is 0.474. The Labute approximate surface area is 125 Å². The predicted octanol–water partition coefficient (Wildman–Crippen LogP) is 3.71. The van der Waals surface area contributed by atoms with Crippen LogP contribution in [-0.4, -0.2) is 18.2 Å². The van der Waals surface area contributed by atoms with Crippen LogP contribution in [0.25, 0.3) is 0 Å². The van der Waals surface area contributed by atoms with Gasteiger partial charge >= 0.3 is 0 Å². The molecule has 1 aromatic rings. The summed E-state index contributed by atoms with van der Waals surface area (Å²) in [4.78, 5) is 11.5. The lowest BCUT2D eigenvalue weighted by Gasteiger charge is -2.09. The fourth-order valence-electron chi connectivity index (χ4n) is 1.48. The average Bonchev–Trinajstić information content (AvgIpc) is 2.42. The minimum Gasteiger partial charge on any atom is -0.493 e. The summed E-state index contributed by atoms with van der Waals surface area (Å²) in [6, 6.07) is 5.48. The third kappa shape index (κ3) is 6.06. The summed E-state index contributed by atoms with van der Waals surface area (Å²) in [5, 5.41) is 4.66. The van der Waals surface area contributed by atoms with Gasteiger partial charge in [-0.05, 0) is 50.5 Å². The van der Waals surface area contributed by atoms with Crippen LogP contribution in [0.5, 0.6) is 5.75 Å². The molecule has 0 unspecified atom stereocenters. The third-order valence-electron chi connectivity index (χ3n) is 2.83. The van der Waals surface area contributed by atoms with Crippen molar-refractivity contribution in [2.24, 2.45) is 5.10 Å². The molecule has 0 radical (unpaired) electrons. The zero-order chi connectivity index (χ0) is 15.0. The van der Waals surface area contributed by atoms with Crippen molar-refractivity contribution < 1.29 is 9.53 Å². The van der Waals surface area contributed by atoms with Crippen molar-refractivity contribution in [2.75, 3.05) is 6.61 Å². The number of halogens is 1. The molecule has 1 aromatic carbocycles. The normalized spacial score (nSPS) is 11.3. The number of hydrazone groups is 1. The highest BCUT2D eigenvalue weighted by Crippen LogP contribution is 2.21. The second-order valence-corrected chi connectivity index (χ2v) is 5.03.